The summed E-state index contributed by atoms with van der Waals surface area (Å²) < 4.78 is 0. The molecule has 0 rings (SSSR count). The minimum absolute atomic E-state index is 0.298. The number of Topliss-reactive ketones (excluding diaryl/α,β-unsaturated/α-hetero) is 1. The number of rotatable bonds is 5. The number of carbonyl (C=O) groups is 2. The minimum Gasteiger partial charge on any atom is -0.475 e. The number of ketones is 1. The molecule has 0 saturated carbocycles. The van der Waals surface area contributed by atoms with E-state index in [0.29, 0.717) is 0 Å². The Morgan fingerprint density at radius 1 is 1.38 bits per heavy atom. The third-order valence-corrected chi connectivity index (χ3v) is 1.17. The van der Waals surface area contributed by atoms with Crippen molar-refractivity contribution in [1.82, 2.24) is 0 Å². The maximum atomic E-state index is 10.7. The molecular formula is C6H10N2O5. The van der Waals surface area contributed by atoms with Crippen LogP contribution in [0.4, 0.5) is 0 Å². The van der Waals surface area contributed by atoms with E-state index in [1.165, 1.54) is 0 Å². The summed E-state index contributed by atoms with van der Waals surface area (Å²) in [4.78, 5) is 24.2. The first-order valence-electron chi connectivity index (χ1n) is 3.34. The summed E-state index contributed by atoms with van der Waals surface area (Å²) in [6.07, 6.45) is 0. The fourth-order valence-corrected chi connectivity index (χ4v) is 0.566. The van der Waals surface area contributed by atoms with Gasteiger partial charge in [0.05, 0.1) is 6.61 Å². The number of aliphatic hydroxyl groups is 2. The van der Waals surface area contributed by atoms with Crippen LogP contribution in [0.25, 0.3) is 0 Å². The molecule has 0 aromatic rings. The molecule has 0 saturated heterocycles. The van der Waals surface area contributed by atoms with Gasteiger partial charge in [0.15, 0.2) is 0 Å². The van der Waals surface area contributed by atoms with Gasteiger partial charge in [-0.15, -0.1) is 0 Å². The first-order valence-corrected chi connectivity index (χ1v) is 3.34. The molecule has 0 spiro atoms. The minimum atomic E-state index is -1.70. The van der Waals surface area contributed by atoms with E-state index >= 15 is 0 Å². The van der Waals surface area contributed by atoms with Crippen molar-refractivity contribution < 1.29 is 24.9 Å². The molecule has 5 N–H and O–H groups in total. The summed E-state index contributed by atoms with van der Waals surface area (Å²) in [7, 11) is 0. The lowest BCUT2D eigenvalue weighted by molar-refractivity contribution is -0.150. The number of carbonyl (C=O) groups excluding carboxylic acids is 1. The zero-order chi connectivity index (χ0) is 10.4. The topological polar surface area (TPSA) is 133 Å². The predicted molar refractivity (Wildman–Crippen MR) is 42.2 cm³/mol. The van der Waals surface area contributed by atoms with Gasteiger partial charge >= 0.3 is 5.97 Å². The van der Waals surface area contributed by atoms with E-state index in [4.69, 9.17) is 21.1 Å². The lowest BCUT2D eigenvalue weighted by atomic mass is 10.2. The van der Waals surface area contributed by atoms with Crippen molar-refractivity contribution >= 4 is 17.6 Å². The lowest BCUT2D eigenvalue weighted by Crippen LogP contribution is -2.32. The van der Waals surface area contributed by atoms with E-state index in [9.17, 15) is 9.59 Å². The fraction of sp³-hybridized carbons (Fsp3) is 0.500. The fourth-order valence-electron chi connectivity index (χ4n) is 0.566. The standard InChI is InChI=1S/C6H10N2O5/c7-4(2-10)8-3(1-9)5(11)6(12)13/h3,9-10H,1-2H2,(H2,7,8)(H,12,13). The summed E-state index contributed by atoms with van der Waals surface area (Å²) in [6.45, 7) is -1.35. The van der Waals surface area contributed by atoms with Crippen LogP contribution in [0.15, 0.2) is 4.99 Å². The van der Waals surface area contributed by atoms with Gasteiger partial charge in [-0.2, -0.15) is 0 Å². The van der Waals surface area contributed by atoms with Crippen LogP contribution in [0.5, 0.6) is 0 Å². The Bertz CT molecular complexity index is 237. The SMILES string of the molecule is NC(CO)=NC(CO)C(=O)C(=O)O. The Morgan fingerprint density at radius 2 is 1.92 bits per heavy atom. The zero-order valence-corrected chi connectivity index (χ0v) is 6.67. The molecule has 0 amide bonds. The van der Waals surface area contributed by atoms with Crippen molar-refractivity contribution in [3.8, 4) is 0 Å². The molecule has 1 atom stereocenters. The number of amidine groups is 1. The van der Waals surface area contributed by atoms with Crippen molar-refractivity contribution in [3.63, 3.8) is 0 Å². The highest BCUT2D eigenvalue weighted by Gasteiger charge is 2.23. The molecule has 1 unspecified atom stereocenters. The zero-order valence-electron chi connectivity index (χ0n) is 6.67. The summed E-state index contributed by atoms with van der Waals surface area (Å²) in [5, 5.41) is 25.2. The summed E-state index contributed by atoms with van der Waals surface area (Å²) in [6, 6.07) is -1.44. The van der Waals surface area contributed by atoms with Crippen LogP contribution in [0.1, 0.15) is 0 Å². The maximum Gasteiger partial charge on any atom is 0.374 e. The second-order valence-corrected chi connectivity index (χ2v) is 2.15. The van der Waals surface area contributed by atoms with E-state index in [1.807, 2.05) is 0 Å². The van der Waals surface area contributed by atoms with Gasteiger partial charge < -0.3 is 21.1 Å². The summed E-state index contributed by atoms with van der Waals surface area (Å²) in [5.41, 5.74) is 5.03. The average molecular weight is 190 g/mol. The first-order chi connectivity index (χ1) is 6.02. The predicted octanol–water partition coefficient (Wildman–Crippen LogP) is -2.65. The van der Waals surface area contributed by atoms with Crippen LogP contribution < -0.4 is 5.73 Å². The van der Waals surface area contributed by atoms with Crippen molar-refractivity contribution in [2.75, 3.05) is 13.2 Å². The van der Waals surface area contributed by atoms with E-state index in [-0.39, 0.29) is 5.84 Å². The van der Waals surface area contributed by atoms with Crippen molar-refractivity contribution in [2.24, 2.45) is 10.7 Å². The lowest BCUT2D eigenvalue weighted by Gasteiger charge is -2.05. The quantitative estimate of drug-likeness (QED) is 0.212. The van der Waals surface area contributed by atoms with Gasteiger partial charge in [-0.05, 0) is 0 Å². The number of carboxylic acids is 1. The second-order valence-electron chi connectivity index (χ2n) is 2.15. The monoisotopic (exact) mass is 190 g/mol. The van der Waals surface area contributed by atoms with Crippen molar-refractivity contribution in [2.45, 2.75) is 6.04 Å². The van der Waals surface area contributed by atoms with E-state index in [1.54, 1.807) is 0 Å². The van der Waals surface area contributed by atoms with Crippen LogP contribution >= 0.6 is 0 Å². The number of aliphatic carboxylic acids is 1. The molecule has 0 fully saturated rings. The highest BCUT2D eigenvalue weighted by atomic mass is 16.4. The number of nitrogens with two attached hydrogens (primary N) is 1. The van der Waals surface area contributed by atoms with Crippen molar-refractivity contribution in [1.29, 1.82) is 0 Å². The molecule has 0 aromatic heterocycles. The number of nitrogens with zero attached hydrogens (tertiary/aromatic N) is 1. The molecule has 0 bridgehead atoms. The first kappa shape index (κ1) is 11.5. The van der Waals surface area contributed by atoms with Crippen LogP contribution in [0.3, 0.4) is 0 Å². The third-order valence-electron chi connectivity index (χ3n) is 1.17. The van der Waals surface area contributed by atoms with E-state index in [0.717, 1.165) is 0 Å². The molecule has 7 nitrogen and oxygen atoms in total. The normalized spacial score (nSPS) is 13.8. The Labute approximate surface area is 73.5 Å². The largest absolute Gasteiger partial charge is 0.475 e. The van der Waals surface area contributed by atoms with E-state index < -0.39 is 31.0 Å². The Balaban J connectivity index is 4.52. The van der Waals surface area contributed by atoms with Gasteiger partial charge in [0.1, 0.15) is 18.5 Å². The molecular weight excluding hydrogens is 180 g/mol. The van der Waals surface area contributed by atoms with E-state index in [2.05, 4.69) is 4.99 Å². The van der Waals surface area contributed by atoms with Gasteiger partial charge in [0.25, 0.3) is 5.78 Å². The average Bonchev–Trinajstić information content (AvgIpc) is 2.12. The Morgan fingerprint density at radius 3 is 2.23 bits per heavy atom. The van der Waals surface area contributed by atoms with Crippen LogP contribution in [0.2, 0.25) is 0 Å². The number of aliphatic hydroxyl groups excluding tert-OH is 2. The molecule has 74 valence electrons. The Kier molecular flexibility index (Phi) is 4.63. The highest BCUT2D eigenvalue weighted by molar-refractivity contribution is 6.35. The second kappa shape index (κ2) is 5.22. The smallest absolute Gasteiger partial charge is 0.374 e. The molecule has 0 aliphatic heterocycles. The molecule has 7 heteroatoms. The molecule has 0 aliphatic carbocycles. The number of aliphatic imine (C=N–C) groups is 1. The maximum absolute atomic E-state index is 10.7. The molecule has 13 heavy (non-hydrogen) atoms. The molecule has 0 radical (unpaired) electrons. The van der Waals surface area contributed by atoms with Gasteiger partial charge in [0.2, 0.25) is 0 Å². The van der Waals surface area contributed by atoms with Gasteiger partial charge in [0, 0.05) is 0 Å². The van der Waals surface area contributed by atoms with Crippen LogP contribution in [0, 0.1) is 0 Å². The van der Waals surface area contributed by atoms with Crippen molar-refractivity contribution in [3.05, 3.63) is 0 Å². The molecule has 0 aromatic carbocycles. The number of hydrogen-bond acceptors (Lipinski definition) is 5. The summed E-state index contributed by atoms with van der Waals surface area (Å²) in [5.74, 6) is -3.26. The van der Waals surface area contributed by atoms with Crippen LogP contribution in [-0.4, -0.2) is 52.2 Å². The number of carboxylic acid groups (broad SMARTS) is 1. The third kappa shape index (κ3) is 3.63. The number of hydrogen-bond donors (Lipinski definition) is 4. The van der Waals surface area contributed by atoms with Gasteiger partial charge in [-0.25, -0.2) is 4.79 Å². The van der Waals surface area contributed by atoms with Gasteiger partial charge in [-0.1, -0.05) is 0 Å². The molecule has 0 heterocycles. The molecule has 0 aliphatic rings. The Hall–Kier alpha value is -1.47. The van der Waals surface area contributed by atoms with Crippen LogP contribution in [-0.2, 0) is 9.59 Å². The summed E-state index contributed by atoms with van der Waals surface area (Å²) >= 11 is 0. The van der Waals surface area contributed by atoms with Gasteiger partial charge in [-0.3, -0.25) is 9.79 Å². The highest BCUT2D eigenvalue weighted by Crippen LogP contribution is 1.92.